The SMILES string of the molecule is CC(C)(C)c1cc(-c2c3nc(c(-c4cc(C#N)cc(C#N)c4)c4ccc([n-]4)c(-c4cc(C(C)(C)C)cc(C(C)(C)C)c4)c4cc5c6cc7[n-]c6c6c8nc(cc8c8cc2[n-]c8c6c5n4)c(-c2cc(C(C)(C)C)cc(C(C)(C)C)c2)c2ccc([n-]2)c(-c2cc(C#N)cc(C#N)c2)c2nc(c7-c4cc(C(C)(C)C)cc(C(C)(C)C)c4)C=C2)C=C3)cc(C(C)(C)C)c1.[Zn+2].[Zn+2]. The molecule has 2 aliphatic rings. The van der Waals surface area contributed by atoms with Crippen molar-refractivity contribution in [1.82, 2.24) is 39.9 Å². The molecule has 18 rings (SSSR count). The number of benzene rings is 8. The molecular weight excluding hydrogens is 1640 g/mol. The minimum atomic E-state index is -0.298. The van der Waals surface area contributed by atoms with Gasteiger partial charge in [0.15, 0.2) is 0 Å². The van der Waals surface area contributed by atoms with Crippen LogP contribution in [0.3, 0.4) is 0 Å². The quantitative estimate of drug-likeness (QED) is 0.143. The van der Waals surface area contributed by atoms with Crippen LogP contribution in [0.5, 0.6) is 0 Å². The van der Waals surface area contributed by atoms with Crippen LogP contribution < -0.4 is 19.9 Å². The molecule has 12 nitrogen and oxygen atoms in total. The third kappa shape index (κ3) is 15.2. The molecule has 14 heteroatoms. The molecule has 2 aliphatic heterocycles. The van der Waals surface area contributed by atoms with Crippen LogP contribution >= 0.6 is 0 Å². The minimum absolute atomic E-state index is 0. The van der Waals surface area contributed by atoms with Gasteiger partial charge in [-0.3, -0.25) is 0 Å². The van der Waals surface area contributed by atoms with E-state index >= 15 is 0 Å². The van der Waals surface area contributed by atoms with Gasteiger partial charge in [0.05, 0.1) is 91.4 Å². The van der Waals surface area contributed by atoms with Crippen LogP contribution in [0, 0.1) is 45.3 Å². The summed E-state index contributed by atoms with van der Waals surface area (Å²) in [5, 5.41) is 48.2. The van der Waals surface area contributed by atoms with Crippen LogP contribution in [0.2, 0.25) is 0 Å². The van der Waals surface area contributed by atoms with Crippen LogP contribution in [-0.2, 0) is 82.3 Å². The number of fused-ring (bicyclic) bond motifs is 14. The van der Waals surface area contributed by atoms with Gasteiger partial charge in [-0.05, 0) is 249 Å². The van der Waals surface area contributed by atoms with Gasteiger partial charge >= 0.3 is 39.0 Å². The monoisotopic (exact) mass is 1740 g/mol. The molecule has 0 saturated carbocycles. The van der Waals surface area contributed by atoms with E-state index in [1.54, 1.807) is 12.1 Å². The summed E-state index contributed by atoms with van der Waals surface area (Å²) in [5.41, 5.74) is 28.0. The van der Waals surface area contributed by atoms with Crippen LogP contribution in [0.15, 0.2) is 158 Å². The normalized spacial score (nSPS) is 13.0. The Hall–Kier alpha value is -12.3. The van der Waals surface area contributed by atoms with Gasteiger partial charge < -0.3 is 19.9 Å². The Bertz CT molecular complexity index is 7130. The van der Waals surface area contributed by atoms with Crippen LogP contribution in [0.4, 0.5) is 0 Å². The first-order valence-electron chi connectivity index (χ1n) is 43.1. The molecule has 614 valence electrons. The van der Waals surface area contributed by atoms with Gasteiger partial charge in [0.2, 0.25) is 0 Å². The Balaban J connectivity index is 0.00000585. The first-order chi connectivity index (χ1) is 58.2. The van der Waals surface area contributed by atoms with Gasteiger partial charge in [-0.15, -0.1) is 44.1 Å². The van der Waals surface area contributed by atoms with E-state index in [1.165, 1.54) is 0 Å². The average molecular weight is 1750 g/mol. The molecule has 0 saturated heterocycles. The van der Waals surface area contributed by atoms with Crippen molar-refractivity contribution < 1.29 is 39.0 Å². The van der Waals surface area contributed by atoms with E-state index in [0.717, 1.165) is 121 Å². The first-order valence-corrected chi connectivity index (χ1v) is 43.1. The molecule has 0 spiro atoms. The second-order valence-corrected chi connectivity index (χ2v) is 42.7. The standard InChI is InChI=1S/C112H102N12.2Zn/c1-105(2,3)69-39-65(40-70(47-69)106(4,5)6)95-85-29-25-81(117-85)93(63-35-59(55-113)33-60(36-63)56-114)82-26-30-86(118-82)97(67-43-73(109(13,14)15)49-74(44-67)110(16,17)18)91-53-79-80-54-92-98(68-45-75(111(19,20)21)50-76(46-68)112(22,23)24)88-32-28-84(120-88)94(64-37-61(57-115)34-62(38-64)58-116)83-27-31-87(119-83)96(66-41-71(107(7,8)9)48-72(42-66)108(10,11)12)90-52-78-77-51-89(95)121-101(77)99(103(79)123-91)100(102(78)122-90)104(80)124-92;;/h25-54H,1-24H3;;/q-4;2*+2. The molecule has 8 aromatic heterocycles. The van der Waals surface area contributed by atoms with E-state index in [2.05, 4.69) is 312 Å². The van der Waals surface area contributed by atoms with Gasteiger partial charge in [-0.2, -0.15) is 21.0 Å². The number of nitriles is 4. The number of rotatable bonds is 6. The summed E-state index contributed by atoms with van der Waals surface area (Å²) in [6.45, 7) is 54.3. The molecule has 0 unspecified atom stereocenters. The first kappa shape index (κ1) is 87.2. The Kier molecular flexibility index (Phi) is 20.9. The molecule has 0 atom stereocenters. The molecule has 16 aromatic rings. The second kappa shape index (κ2) is 30.2. The van der Waals surface area contributed by atoms with Crippen LogP contribution in [0.1, 0.15) is 256 Å². The van der Waals surface area contributed by atoms with Crippen molar-refractivity contribution in [2.75, 3.05) is 0 Å². The van der Waals surface area contributed by atoms with Gasteiger partial charge in [0.25, 0.3) is 0 Å². The third-order valence-corrected chi connectivity index (χ3v) is 25.3. The van der Waals surface area contributed by atoms with Crippen LogP contribution in [0.25, 0.3) is 190 Å². The molecule has 16 bridgehead atoms. The largest absolute Gasteiger partial charge is 2.00 e. The molecule has 0 N–H and O–H groups in total. The fraction of sp³-hybridized carbons (Fsp3) is 0.286. The molecule has 0 aliphatic carbocycles. The van der Waals surface area contributed by atoms with Crippen molar-refractivity contribution >= 4 is 123 Å². The third-order valence-electron chi connectivity index (χ3n) is 25.3. The fourth-order valence-corrected chi connectivity index (χ4v) is 17.9. The number of aromatic nitrogens is 8. The Morgan fingerprint density at radius 2 is 0.452 bits per heavy atom. The van der Waals surface area contributed by atoms with Gasteiger partial charge in [0.1, 0.15) is 0 Å². The van der Waals surface area contributed by atoms with Crippen molar-refractivity contribution in [2.45, 2.75) is 209 Å². The van der Waals surface area contributed by atoms with Crippen LogP contribution in [-0.4, -0.2) is 19.9 Å². The topological polar surface area (TPSA) is 203 Å². The zero-order valence-corrected chi connectivity index (χ0v) is 83.0. The predicted molar refractivity (Wildman–Crippen MR) is 514 cm³/mol. The molecule has 0 fully saturated rings. The van der Waals surface area contributed by atoms with E-state index < -0.39 is 0 Å². The molecular formula is C112H102N12Zn2. The number of hydrogen-bond donors (Lipinski definition) is 0. The van der Waals surface area contributed by atoms with E-state index in [0.29, 0.717) is 133 Å². The Morgan fingerprint density at radius 3 is 0.690 bits per heavy atom. The molecule has 10 heterocycles. The summed E-state index contributed by atoms with van der Waals surface area (Å²) >= 11 is 0. The summed E-state index contributed by atoms with van der Waals surface area (Å²) in [6.07, 6.45) is 8.28. The maximum absolute atomic E-state index is 10.8. The average Bonchev–Trinajstić information content (AvgIpc) is 1.52. The van der Waals surface area contributed by atoms with Gasteiger partial charge in [-0.1, -0.05) is 275 Å². The summed E-state index contributed by atoms with van der Waals surface area (Å²) in [4.78, 5) is 48.4. The number of nitrogens with zero attached hydrogens (tertiary/aromatic N) is 12. The van der Waals surface area contributed by atoms with Crippen molar-refractivity contribution in [1.29, 1.82) is 21.0 Å². The zero-order valence-electron chi connectivity index (χ0n) is 77.1. The Labute approximate surface area is 764 Å². The van der Waals surface area contributed by atoms with Crippen molar-refractivity contribution in [3.8, 4) is 91.0 Å². The van der Waals surface area contributed by atoms with Crippen molar-refractivity contribution in [3.05, 3.63) is 247 Å². The summed E-state index contributed by atoms with van der Waals surface area (Å²) in [7, 11) is 0. The maximum Gasteiger partial charge on any atom is 2.00 e. The van der Waals surface area contributed by atoms with Gasteiger partial charge in [-0.25, -0.2) is 19.9 Å². The smallest absolute Gasteiger partial charge is 0.657 e. The van der Waals surface area contributed by atoms with E-state index in [9.17, 15) is 21.0 Å². The molecule has 126 heavy (non-hydrogen) atoms. The van der Waals surface area contributed by atoms with E-state index in [1.807, 2.05) is 48.6 Å². The zero-order chi connectivity index (χ0) is 88.3. The number of hydrogen-bond acceptors (Lipinski definition) is 8. The summed E-state index contributed by atoms with van der Waals surface area (Å²) in [5.74, 6) is 0. The molecule has 8 aromatic carbocycles. The molecule has 0 radical (unpaired) electrons. The van der Waals surface area contributed by atoms with E-state index in [-0.39, 0.29) is 82.3 Å². The van der Waals surface area contributed by atoms with Gasteiger partial charge in [0, 0.05) is 10.8 Å². The van der Waals surface area contributed by atoms with E-state index in [4.69, 9.17) is 39.9 Å². The second-order valence-electron chi connectivity index (χ2n) is 42.7. The van der Waals surface area contributed by atoms with Crippen molar-refractivity contribution in [3.63, 3.8) is 0 Å². The maximum atomic E-state index is 10.8. The molecule has 0 amide bonds. The summed E-state index contributed by atoms with van der Waals surface area (Å²) < 4.78 is 0. The predicted octanol–water partition coefficient (Wildman–Crippen LogP) is 28.0. The Morgan fingerprint density at radius 1 is 0.230 bits per heavy atom. The summed E-state index contributed by atoms with van der Waals surface area (Å²) in [6, 6.07) is 65.4. The fourth-order valence-electron chi connectivity index (χ4n) is 17.9. The van der Waals surface area contributed by atoms with Crippen molar-refractivity contribution in [2.24, 2.45) is 0 Å². The minimum Gasteiger partial charge on any atom is -0.657 e.